The predicted octanol–water partition coefficient (Wildman–Crippen LogP) is 3.63. The molecule has 0 atom stereocenters. The fourth-order valence-electron chi connectivity index (χ4n) is 2.46. The number of nitrogens with zero attached hydrogens (tertiary/aromatic N) is 3. The van der Waals surface area contributed by atoms with E-state index in [1.165, 1.54) is 0 Å². The van der Waals surface area contributed by atoms with E-state index in [9.17, 15) is 4.79 Å². The molecule has 0 amide bonds. The van der Waals surface area contributed by atoms with Crippen LogP contribution in [-0.4, -0.2) is 20.1 Å². The van der Waals surface area contributed by atoms with Crippen LogP contribution in [0.3, 0.4) is 0 Å². The van der Waals surface area contributed by atoms with Gasteiger partial charge in [0.2, 0.25) is 0 Å². The molecule has 4 nitrogen and oxygen atoms in total. The molecule has 0 fully saturated rings. The summed E-state index contributed by atoms with van der Waals surface area (Å²) in [6.45, 7) is 0.628. The monoisotopic (exact) mass is 357 g/mol. The van der Waals surface area contributed by atoms with Crippen LogP contribution in [0, 0.1) is 0 Å². The number of fused-ring (bicyclic) bond motifs is 1. The number of hydrogen-bond donors (Lipinski definition) is 0. The zero-order valence-electron chi connectivity index (χ0n) is 12.1. The zero-order valence-corrected chi connectivity index (χ0v) is 13.7. The maximum absolute atomic E-state index is 12.6. The first-order chi connectivity index (χ1) is 10.8. The van der Waals surface area contributed by atoms with Gasteiger partial charge in [-0.1, -0.05) is 34.1 Å². The van der Waals surface area contributed by atoms with E-state index in [1.54, 1.807) is 17.1 Å². The standard InChI is InChI=1S/C17H16BrN3O/c18-9-3-4-11-21-17(22)15-8-2-1-7-14(15)16(20-21)13-6-5-10-19-12-13/h1-2,5-8,10,12H,3-4,9,11H2. The molecule has 0 unspecified atom stereocenters. The number of aryl methyl sites for hydroxylation is 1. The summed E-state index contributed by atoms with van der Waals surface area (Å²) in [5.41, 5.74) is 1.70. The summed E-state index contributed by atoms with van der Waals surface area (Å²) in [4.78, 5) is 16.7. The van der Waals surface area contributed by atoms with Crippen LogP contribution in [0.5, 0.6) is 0 Å². The summed E-state index contributed by atoms with van der Waals surface area (Å²) in [6, 6.07) is 11.5. The van der Waals surface area contributed by atoms with Gasteiger partial charge < -0.3 is 0 Å². The Kier molecular flexibility index (Phi) is 4.63. The van der Waals surface area contributed by atoms with E-state index in [2.05, 4.69) is 26.0 Å². The lowest BCUT2D eigenvalue weighted by Gasteiger charge is -2.10. The number of halogens is 1. The number of benzene rings is 1. The van der Waals surface area contributed by atoms with E-state index in [4.69, 9.17) is 0 Å². The Labute approximate surface area is 136 Å². The van der Waals surface area contributed by atoms with Crippen LogP contribution in [0.15, 0.2) is 53.6 Å². The number of hydrogen-bond acceptors (Lipinski definition) is 3. The van der Waals surface area contributed by atoms with Crippen molar-refractivity contribution in [3.63, 3.8) is 0 Å². The largest absolute Gasteiger partial charge is 0.274 e. The summed E-state index contributed by atoms with van der Waals surface area (Å²) in [7, 11) is 0. The Morgan fingerprint density at radius 1 is 1.05 bits per heavy atom. The molecule has 0 aliphatic rings. The van der Waals surface area contributed by atoms with Crippen LogP contribution in [0.4, 0.5) is 0 Å². The van der Waals surface area contributed by atoms with E-state index in [1.807, 2.05) is 36.4 Å². The Morgan fingerprint density at radius 3 is 2.59 bits per heavy atom. The number of aromatic nitrogens is 3. The number of rotatable bonds is 5. The van der Waals surface area contributed by atoms with E-state index >= 15 is 0 Å². The van der Waals surface area contributed by atoms with Crippen LogP contribution in [0.1, 0.15) is 12.8 Å². The molecule has 22 heavy (non-hydrogen) atoms. The normalized spacial score (nSPS) is 11.0. The summed E-state index contributed by atoms with van der Waals surface area (Å²) < 4.78 is 1.58. The predicted molar refractivity (Wildman–Crippen MR) is 92.3 cm³/mol. The summed E-state index contributed by atoms with van der Waals surface area (Å²) in [6.07, 6.45) is 5.45. The molecule has 0 aliphatic carbocycles. The molecular formula is C17H16BrN3O. The van der Waals surface area contributed by atoms with Gasteiger partial charge in [-0.3, -0.25) is 9.78 Å². The Hall–Kier alpha value is -2.01. The zero-order chi connectivity index (χ0) is 15.4. The van der Waals surface area contributed by atoms with Gasteiger partial charge in [-0.15, -0.1) is 0 Å². The van der Waals surface area contributed by atoms with Gasteiger partial charge in [0, 0.05) is 35.2 Å². The Bertz CT molecular complexity index is 830. The third kappa shape index (κ3) is 2.95. The van der Waals surface area contributed by atoms with Crippen molar-refractivity contribution in [2.75, 3.05) is 5.33 Å². The first kappa shape index (κ1) is 14.9. The second-order valence-electron chi connectivity index (χ2n) is 5.06. The number of alkyl halides is 1. The van der Waals surface area contributed by atoms with E-state index < -0.39 is 0 Å². The van der Waals surface area contributed by atoms with Gasteiger partial charge in [0.15, 0.2) is 0 Å². The van der Waals surface area contributed by atoms with Crippen LogP contribution < -0.4 is 5.56 Å². The maximum Gasteiger partial charge on any atom is 0.274 e. The molecule has 0 spiro atoms. The van der Waals surface area contributed by atoms with Gasteiger partial charge in [0.1, 0.15) is 5.69 Å². The van der Waals surface area contributed by atoms with Crippen molar-refractivity contribution in [2.45, 2.75) is 19.4 Å². The van der Waals surface area contributed by atoms with Crippen LogP contribution in [0.2, 0.25) is 0 Å². The number of pyridine rings is 1. The lowest BCUT2D eigenvalue weighted by Crippen LogP contribution is -2.24. The Balaban J connectivity index is 2.18. The van der Waals surface area contributed by atoms with Crippen LogP contribution >= 0.6 is 15.9 Å². The molecule has 0 saturated carbocycles. The topological polar surface area (TPSA) is 47.8 Å². The number of unbranched alkanes of at least 4 members (excludes halogenated alkanes) is 1. The highest BCUT2D eigenvalue weighted by Crippen LogP contribution is 2.23. The molecule has 3 rings (SSSR count). The van der Waals surface area contributed by atoms with Crippen LogP contribution in [-0.2, 0) is 6.54 Å². The van der Waals surface area contributed by atoms with Crippen LogP contribution in [0.25, 0.3) is 22.0 Å². The average Bonchev–Trinajstić information content (AvgIpc) is 2.58. The summed E-state index contributed by atoms with van der Waals surface area (Å²) in [5.74, 6) is 0. The molecule has 2 aromatic heterocycles. The smallest absolute Gasteiger partial charge is 0.267 e. The van der Waals surface area contributed by atoms with Gasteiger partial charge in [-0.2, -0.15) is 5.10 Å². The van der Waals surface area contributed by atoms with E-state index in [-0.39, 0.29) is 5.56 Å². The van der Waals surface area contributed by atoms with E-state index in [0.29, 0.717) is 11.9 Å². The third-order valence-electron chi connectivity index (χ3n) is 3.56. The third-order valence-corrected chi connectivity index (χ3v) is 4.12. The van der Waals surface area contributed by atoms with E-state index in [0.717, 1.165) is 34.8 Å². The van der Waals surface area contributed by atoms with Crippen molar-refractivity contribution in [1.82, 2.24) is 14.8 Å². The SMILES string of the molecule is O=c1c2ccccc2c(-c2cccnc2)nn1CCCCBr. The molecule has 0 radical (unpaired) electrons. The molecule has 0 bridgehead atoms. The van der Waals surface area contributed by atoms with Crippen molar-refractivity contribution >= 4 is 26.7 Å². The summed E-state index contributed by atoms with van der Waals surface area (Å²) >= 11 is 3.42. The molecule has 112 valence electrons. The second-order valence-corrected chi connectivity index (χ2v) is 5.85. The first-order valence-corrected chi connectivity index (χ1v) is 8.39. The molecule has 3 aromatic rings. The van der Waals surface area contributed by atoms with Gasteiger partial charge in [-0.25, -0.2) is 4.68 Å². The fraction of sp³-hybridized carbons (Fsp3) is 0.235. The molecule has 0 N–H and O–H groups in total. The van der Waals surface area contributed by atoms with Crippen molar-refractivity contribution in [1.29, 1.82) is 0 Å². The van der Waals surface area contributed by atoms with Crippen molar-refractivity contribution in [2.24, 2.45) is 0 Å². The van der Waals surface area contributed by atoms with Gasteiger partial charge in [-0.05, 0) is 31.0 Å². The van der Waals surface area contributed by atoms with Gasteiger partial charge >= 0.3 is 0 Å². The minimum Gasteiger partial charge on any atom is -0.267 e. The minimum absolute atomic E-state index is 0.0298. The van der Waals surface area contributed by atoms with Crippen molar-refractivity contribution in [3.8, 4) is 11.3 Å². The lowest BCUT2D eigenvalue weighted by atomic mass is 10.1. The average molecular weight is 358 g/mol. The summed E-state index contributed by atoms with van der Waals surface area (Å²) in [5, 5.41) is 7.10. The second kappa shape index (κ2) is 6.83. The first-order valence-electron chi connectivity index (χ1n) is 7.27. The minimum atomic E-state index is -0.0298. The Morgan fingerprint density at radius 2 is 1.86 bits per heavy atom. The molecular weight excluding hydrogens is 342 g/mol. The van der Waals surface area contributed by atoms with Crippen molar-refractivity contribution in [3.05, 3.63) is 59.1 Å². The molecule has 5 heteroatoms. The highest BCUT2D eigenvalue weighted by atomic mass is 79.9. The quantitative estimate of drug-likeness (QED) is 0.517. The molecule has 0 aliphatic heterocycles. The van der Waals surface area contributed by atoms with Gasteiger partial charge in [0.05, 0.1) is 5.39 Å². The highest BCUT2D eigenvalue weighted by Gasteiger charge is 2.11. The van der Waals surface area contributed by atoms with Crippen molar-refractivity contribution < 1.29 is 0 Å². The van der Waals surface area contributed by atoms with Gasteiger partial charge in [0.25, 0.3) is 5.56 Å². The molecule has 2 heterocycles. The molecule has 1 aromatic carbocycles. The highest BCUT2D eigenvalue weighted by molar-refractivity contribution is 9.09. The fourth-order valence-corrected chi connectivity index (χ4v) is 2.86. The lowest BCUT2D eigenvalue weighted by molar-refractivity contribution is 0.552. The molecule has 0 saturated heterocycles. The maximum atomic E-state index is 12.6.